The van der Waals surface area contributed by atoms with Crippen molar-refractivity contribution in [2.45, 2.75) is 44.6 Å². The summed E-state index contributed by atoms with van der Waals surface area (Å²) in [6.07, 6.45) is 6.28. The molecule has 4 amide bonds. The highest BCUT2D eigenvalue weighted by Gasteiger charge is 2.22. The molecule has 25 heavy (non-hydrogen) atoms. The Balaban J connectivity index is 2.03. The van der Waals surface area contributed by atoms with Gasteiger partial charge in [0.15, 0.2) is 0 Å². The molecule has 1 atom stereocenters. The van der Waals surface area contributed by atoms with Crippen LogP contribution in [0.2, 0.25) is 0 Å². The van der Waals surface area contributed by atoms with Gasteiger partial charge in [-0.3, -0.25) is 28.9 Å². The summed E-state index contributed by atoms with van der Waals surface area (Å²) in [5.41, 5.74) is 0. The summed E-state index contributed by atoms with van der Waals surface area (Å²) in [7, 11) is 0. The molecule has 1 aliphatic rings. The molecule has 1 heterocycles. The van der Waals surface area contributed by atoms with Gasteiger partial charge in [-0.2, -0.15) is 0 Å². The number of carbonyl (C=O) groups is 5. The van der Waals surface area contributed by atoms with Crippen molar-refractivity contribution in [2.24, 2.45) is 0 Å². The van der Waals surface area contributed by atoms with Crippen LogP contribution in [0.3, 0.4) is 0 Å². The zero-order valence-electron chi connectivity index (χ0n) is 13.9. The van der Waals surface area contributed by atoms with Crippen molar-refractivity contribution in [3.63, 3.8) is 0 Å². The van der Waals surface area contributed by atoms with Crippen LogP contribution in [-0.2, 0) is 24.0 Å². The second-order valence-corrected chi connectivity index (χ2v) is 6.08. The summed E-state index contributed by atoms with van der Waals surface area (Å²) < 4.78 is 0. The smallest absolute Gasteiger partial charge is 0.253 e. The maximum atomic E-state index is 11.7. The van der Waals surface area contributed by atoms with Crippen molar-refractivity contribution in [1.82, 2.24) is 15.5 Å². The van der Waals surface area contributed by atoms with Gasteiger partial charge >= 0.3 is 0 Å². The third-order valence-electron chi connectivity index (χ3n) is 3.75. The largest absolute Gasteiger partial charge is 0.356 e. The second kappa shape index (κ2) is 11.4. The molecule has 1 unspecified atom stereocenters. The predicted molar refractivity (Wildman–Crippen MR) is 93.6 cm³/mol. The van der Waals surface area contributed by atoms with Gasteiger partial charge in [0, 0.05) is 31.7 Å². The minimum absolute atomic E-state index is 0.0926. The van der Waals surface area contributed by atoms with Gasteiger partial charge in [0.05, 0.1) is 6.04 Å². The molecule has 0 radical (unpaired) electrons. The molecule has 0 bridgehead atoms. The monoisotopic (exact) mass is 369 g/mol. The topological polar surface area (TPSA) is 113 Å². The van der Waals surface area contributed by atoms with Crippen LogP contribution in [-0.4, -0.2) is 53.3 Å². The Morgan fingerprint density at radius 3 is 2.40 bits per heavy atom. The van der Waals surface area contributed by atoms with Gasteiger partial charge in [0.1, 0.15) is 0 Å². The Hall–Kier alpha value is -2.16. The van der Waals surface area contributed by atoms with Gasteiger partial charge < -0.3 is 10.6 Å². The van der Waals surface area contributed by atoms with Gasteiger partial charge in [0.2, 0.25) is 17.4 Å². The van der Waals surface area contributed by atoms with Crippen LogP contribution in [0.25, 0.3) is 0 Å². The van der Waals surface area contributed by atoms with E-state index in [1.165, 1.54) is 12.2 Å². The summed E-state index contributed by atoms with van der Waals surface area (Å²) >= 11 is 3.70. The van der Waals surface area contributed by atoms with E-state index in [0.29, 0.717) is 58.0 Å². The lowest BCUT2D eigenvalue weighted by Gasteiger charge is -2.13. The molecule has 0 aliphatic carbocycles. The maximum absolute atomic E-state index is 11.7. The number of hydrogen-bond acceptors (Lipinski definition) is 5. The van der Waals surface area contributed by atoms with Gasteiger partial charge in [-0.15, -0.1) is 12.6 Å². The lowest BCUT2D eigenvalue weighted by molar-refractivity contribution is -0.136. The summed E-state index contributed by atoms with van der Waals surface area (Å²) in [5, 5.41) is 4.78. The molecule has 9 heteroatoms. The number of imide groups is 1. The molecule has 0 aromatic heterocycles. The first-order valence-electron chi connectivity index (χ1n) is 8.18. The molecule has 2 N–H and O–H groups in total. The fourth-order valence-corrected chi connectivity index (χ4v) is 2.56. The van der Waals surface area contributed by atoms with Crippen LogP contribution in [0.4, 0.5) is 0 Å². The second-order valence-electron chi connectivity index (χ2n) is 5.64. The van der Waals surface area contributed by atoms with Crippen molar-refractivity contribution in [2.75, 3.05) is 13.1 Å². The third-order valence-corrected chi connectivity index (χ3v) is 4.06. The van der Waals surface area contributed by atoms with E-state index >= 15 is 0 Å². The van der Waals surface area contributed by atoms with Crippen molar-refractivity contribution < 1.29 is 24.0 Å². The number of amides is 4. The van der Waals surface area contributed by atoms with Crippen molar-refractivity contribution in [3.05, 3.63) is 12.2 Å². The van der Waals surface area contributed by atoms with Crippen molar-refractivity contribution in [1.29, 1.82) is 0 Å². The number of nitrogens with zero attached hydrogens (tertiary/aromatic N) is 1. The van der Waals surface area contributed by atoms with E-state index in [0.717, 1.165) is 4.90 Å². The highest BCUT2D eigenvalue weighted by atomic mass is 32.1. The lowest BCUT2D eigenvalue weighted by atomic mass is 10.1. The molecule has 0 fully saturated rings. The van der Waals surface area contributed by atoms with Gasteiger partial charge in [-0.1, -0.05) is 0 Å². The molecule has 0 aromatic rings. The quantitative estimate of drug-likeness (QED) is 0.182. The Morgan fingerprint density at radius 1 is 1.12 bits per heavy atom. The number of rotatable bonds is 13. The third kappa shape index (κ3) is 7.97. The summed E-state index contributed by atoms with van der Waals surface area (Å²) in [5.74, 6) is -0.710. The van der Waals surface area contributed by atoms with E-state index in [-0.39, 0.29) is 22.8 Å². The molecule has 0 saturated carbocycles. The standard InChI is InChI=1S/C16H23N3O5S/c20-11-18-12(16(24)25)5-1-3-9-17-13(21)6-2-4-10-19-14(22)7-8-15(19)23/h7-8,11-12H,1-6,9-10H2,(H,17,21)(H,18,20)(H,24,25). The number of hydrogen-bond donors (Lipinski definition) is 3. The highest BCUT2D eigenvalue weighted by Crippen LogP contribution is 2.07. The normalized spacial score (nSPS) is 14.5. The number of unbranched alkanes of at least 4 members (excludes halogenated alkanes) is 2. The Bertz CT molecular complexity index is 532. The fraction of sp³-hybridized carbons (Fsp3) is 0.562. The van der Waals surface area contributed by atoms with Gasteiger partial charge in [-0.25, -0.2) is 0 Å². The first-order valence-corrected chi connectivity index (χ1v) is 8.63. The molecule has 1 rings (SSSR count). The van der Waals surface area contributed by atoms with E-state index in [4.69, 9.17) is 0 Å². The van der Waals surface area contributed by atoms with E-state index in [9.17, 15) is 24.0 Å². The molecule has 0 spiro atoms. The fourth-order valence-electron chi connectivity index (χ4n) is 2.36. The Labute approximate surface area is 151 Å². The molecular formula is C16H23N3O5S. The van der Waals surface area contributed by atoms with Crippen LogP contribution < -0.4 is 10.6 Å². The van der Waals surface area contributed by atoms with Gasteiger partial charge in [-0.05, 0) is 32.1 Å². The molecule has 0 aromatic carbocycles. The lowest BCUT2D eigenvalue weighted by Crippen LogP contribution is -2.33. The Morgan fingerprint density at radius 2 is 1.80 bits per heavy atom. The van der Waals surface area contributed by atoms with Crippen LogP contribution in [0.1, 0.15) is 38.5 Å². The number of nitrogens with one attached hydrogen (secondary N) is 2. The van der Waals surface area contributed by atoms with Gasteiger partial charge in [0.25, 0.3) is 11.8 Å². The average molecular weight is 369 g/mol. The zero-order chi connectivity index (χ0) is 18.7. The van der Waals surface area contributed by atoms with Crippen LogP contribution in [0.5, 0.6) is 0 Å². The average Bonchev–Trinajstić information content (AvgIpc) is 2.88. The van der Waals surface area contributed by atoms with Crippen LogP contribution >= 0.6 is 12.6 Å². The molecule has 1 aliphatic heterocycles. The summed E-state index contributed by atoms with van der Waals surface area (Å²) in [6, 6.07) is -0.595. The van der Waals surface area contributed by atoms with Crippen LogP contribution in [0.15, 0.2) is 12.2 Å². The number of carbonyl (C=O) groups excluding carboxylic acids is 5. The zero-order valence-corrected chi connectivity index (χ0v) is 14.8. The SMILES string of the molecule is O=CNC(CCCCNC(=O)CCCCN1C(=O)C=CC1=O)C(=O)S. The summed E-state index contributed by atoms with van der Waals surface area (Å²) in [6.45, 7) is 0.807. The maximum Gasteiger partial charge on any atom is 0.253 e. The highest BCUT2D eigenvalue weighted by molar-refractivity contribution is 7.96. The van der Waals surface area contributed by atoms with Crippen LogP contribution in [0, 0.1) is 0 Å². The van der Waals surface area contributed by atoms with Crippen molar-refractivity contribution in [3.8, 4) is 0 Å². The number of thiol groups is 1. The first-order chi connectivity index (χ1) is 12.0. The van der Waals surface area contributed by atoms with E-state index < -0.39 is 6.04 Å². The van der Waals surface area contributed by atoms with E-state index in [1.54, 1.807) is 0 Å². The molecule has 0 saturated heterocycles. The minimum atomic E-state index is -0.595. The van der Waals surface area contributed by atoms with E-state index in [1.807, 2.05) is 0 Å². The molecule has 8 nitrogen and oxygen atoms in total. The minimum Gasteiger partial charge on any atom is -0.356 e. The first kappa shape index (κ1) is 20.9. The molecule has 138 valence electrons. The van der Waals surface area contributed by atoms with E-state index in [2.05, 4.69) is 23.3 Å². The summed E-state index contributed by atoms with van der Waals surface area (Å²) in [4.78, 5) is 57.0. The molecular weight excluding hydrogens is 346 g/mol. The predicted octanol–water partition coefficient (Wildman–Crippen LogP) is -0.0608. The Kier molecular flexibility index (Phi) is 9.53. The van der Waals surface area contributed by atoms with Crippen molar-refractivity contribution >= 4 is 41.9 Å².